The average molecular weight is 361 g/mol. The number of nitrogens with zero attached hydrogens (tertiary/aromatic N) is 1. The van der Waals surface area contributed by atoms with E-state index in [2.05, 4.69) is 0 Å². The molecule has 2 rings (SSSR count). The van der Waals surface area contributed by atoms with Crippen LogP contribution < -0.4 is 0 Å². The van der Waals surface area contributed by atoms with Crippen LogP contribution in [0, 0.1) is 0 Å². The van der Waals surface area contributed by atoms with E-state index in [1.807, 2.05) is 51.1 Å². The number of ether oxygens (including phenoxy) is 2. The van der Waals surface area contributed by atoms with E-state index in [0.29, 0.717) is 6.42 Å². The zero-order valence-electron chi connectivity index (χ0n) is 15.9. The molecule has 6 heteroatoms. The maximum absolute atomic E-state index is 12.8. The van der Waals surface area contributed by atoms with Crippen LogP contribution in [0.25, 0.3) is 0 Å². The standard InChI is InChI=1S/C20H27NO5/c1-19(2,3)26-18(24)21-15(13-14-9-7-6-8-10-14)16(11-12-17(22)23)25-20(21,4)5/h6-12,15-16H,13H2,1-5H3,(H,22,23)/t15-,16+/m1/s1. The second-order valence-electron chi connectivity index (χ2n) is 7.83. The maximum atomic E-state index is 12.8. The summed E-state index contributed by atoms with van der Waals surface area (Å²) in [5.74, 6) is -1.06. The van der Waals surface area contributed by atoms with Gasteiger partial charge in [0.2, 0.25) is 0 Å². The normalized spacial score (nSPS) is 22.6. The minimum Gasteiger partial charge on any atom is -0.478 e. The Hall–Kier alpha value is -2.34. The van der Waals surface area contributed by atoms with E-state index in [1.165, 1.54) is 6.08 Å². The summed E-state index contributed by atoms with van der Waals surface area (Å²) in [7, 11) is 0. The third kappa shape index (κ3) is 5.08. The molecule has 1 N–H and O–H groups in total. The molecule has 1 aliphatic heterocycles. The van der Waals surface area contributed by atoms with E-state index in [-0.39, 0.29) is 6.04 Å². The molecule has 1 amide bonds. The van der Waals surface area contributed by atoms with Gasteiger partial charge in [-0.3, -0.25) is 4.90 Å². The van der Waals surface area contributed by atoms with Crippen LogP contribution in [0.5, 0.6) is 0 Å². The quantitative estimate of drug-likeness (QED) is 0.829. The molecule has 142 valence electrons. The smallest absolute Gasteiger partial charge is 0.412 e. The van der Waals surface area contributed by atoms with Crippen molar-refractivity contribution < 1.29 is 24.2 Å². The lowest BCUT2D eigenvalue weighted by atomic mass is 10.00. The van der Waals surface area contributed by atoms with Crippen LogP contribution in [0.4, 0.5) is 4.79 Å². The average Bonchev–Trinajstić information content (AvgIpc) is 2.74. The first-order valence-corrected chi connectivity index (χ1v) is 8.65. The van der Waals surface area contributed by atoms with Gasteiger partial charge < -0.3 is 14.6 Å². The Labute approximate surface area is 154 Å². The molecule has 0 bridgehead atoms. The molecule has 0 saturated carbocycles. The first kappa shape index (κ1) is 20.0. The second-order valence-corrected chi connectivity index (χ2v) is 7.83. The van der Waals surface area contributed by atoms with Crippen molar-refractivity contribution in [2.75, 3.05) is 0 Å². The van der Waals surface area contributed by atoms with Crippen molar-refractivity contribution in [3.05, 3.63) is 48.0 Å². The van der Waals surface area contributed by atoms with Crippen LogP contribution >= 0.6 is 0 Å². The predicted molar refractivity (Wildman–Crippen MR) is 97.7 cm³/mol. The van der Waals surface area contributed by atoms with Crippen molar-refractivity contribution in [2.24, 2.45) is 0 Å². The zero-order chi connectivity index (χ0) is 19.5. The molecule has 1 heterocycles. The second kappa shape index (κ2) is 7.50. The fraction of sp³-hybridized carbons (Fsp3) is 0.500. The van der Waals surface area contributed by atoms with Crippen molar-refractivity contribution in [2.45, 2.75) is 64.5 Å². The lowest BCUT2D eigenvalue weighted by molar-refractivity contribution is -0.131. The van der Waals surface area contributed by atoms with E-state index in [1.54, 1.807) is 18.7 Å². The van der Waals surface area contributed by atoms with Crippen LogP contribution in [0.2, 0.25) is 0 Å². The summed E-state index contributed by atoms with van der Waals surface area (Å²) in [5, 5.41) is 8.96. The Morgan fingerprint density at radius 3 is 2.42 bits per heavy atom. The fourth-order valence-electron chi connectivity index (χ4n) is 3.09. The van der Waals surface area contributed by atoms with Gasteiger partial charge in [-0.1, -0.05) is 30.3 Å². The predicted octanol–water partition coefficient (Wildman–Crippen LogP) is 3.61. The van der Waals surface area contributed by atoms with Gasteiger partial charge >= 0.3 is 12.1 Å². The van der Waals surface area contributed by atoms with Gasteiger partial charge in [0.25, 0.3) is 0 Å². The molecule has 1 aromatic carbocycles. The Balaban J connectivity index is 2.36. The molecule has 0 unspecified atom stereocenters. The number of aliphatic carboxylic acids is 1. The first-order valence-electron chi connectivity index (χ1n) is 8.65. The highest BCUT2D eigenvalue weighted by Gasteiger charge is 2.50. The number of amides is 1. The summed E-state index contributed by atoms with van der Waals surface area (Å²) in [6, 6.07) is 9.34. The van der Waals surface area contributed by atoms with Crippen molar-refractivity contribution in [3.8, 4) is 0 Å². The molecule has 26 heavy (non-hydrogen) atoms. The summed E-state index contributed by atoms with van der Waals surface area (Å²) >= 11 is 0. The minimum atomic E-state index is -1.06. The van der Waals surface area contributed by atoms with Crippen molar-refractivity contribution in [3.63, 3.8) is 0 Å². The Kier molecular flexibility index (Phi) is 5.76. The van der Waals surface area contributed by atoms with E-state index >= 15 is 0 Å². The molecule has 6 nitrogen and oxygen atoms in total. The molecule has 0 aromatic heterocycles. The number of hydrogen-bond acceptors (Lipinski definition) is 4. The molecule has 1 fully saturated rings. The third-order valence-corrected chi connectivity index (χ3v) is 4.02. The maximum Gasteiger partial charge on any atom is 0.412 e. The van der Waals surface area contributed by atoms with Gasteiger partial charge in [-0.25, -0.2) is 9.59 Å². The number of carbonyl (C=O) groups is 2. The van der Waals surface area contributed by atoms with Gasteiger partial charge in [0.05, 0.1) is 12.1 Å². The van der Waals surface area contributed by atoms with Gasteiger partial charge in [0.1, 0.15) is 11.3 Å². The summed E-state index contributed by atoms with van der Waals surface area (Å²) in [6.07, 6.45) is 2.04. The van der Waals surface area contributed by atoms with Gasteiger partial charge in [-0.15, -0.1) is 0 Å². The molecule has 2 atom stereocenters. The molecule has 1 saturated heterocycles. The highest BCUT2D eigenvalue weighted by Crippen LogP contribution is 2.36. The highest BCUT2D eigenvalue weighted by atomic mass is 16.6. The largest absolute Gasteiger partial charge is 0.478 e. The van der Waals surface area contributed by atoms with Crippen LogP contribution in [0.1, 0.15) is 40.2 Å². The first-order chi connectivity index (χ1) is 12.0. The third-order valence-electron chi connectivity index (χ3n) is 4.02. The van der Waals surface area contributed by atoms with Crippen LogP contribution in [-0.4, -0.2) is 45.5 Å². The fourth-order valence-corrected chi connectivity index (χ4v) is 3.09. The Bertz CT molecular complexity index is 675. The Morgan fingerprint density at radius 1 is 1.27 bits per heavy atom. The van der Waals surface area contributed by atoms with Crippen molar-refractivity contribution in [1.82, 2.24) is 4.90 Å². The number of rotatable bonds is 4. The van der Waals surface area contributed by atoms with E-state index in [9.17, 15) is 9.59 Å². The molecule has 0 aliphatic carbocycles. The van der Waals surface area contributed by atoms with Crippen LogP contribution in [-0.2, 0) is 20.7 Å². The lowest BCUT2D eigenvalue weighted by Crippen LogP contribution is -2.50. The lowest BCUT2D eigenvalue weighted by Gasteiger charge is -2.35. The monoisotopic (exact) mass is 361 g/mol. The number of carbonyl (C=O) groups excluding carboxylic acids is 1. The van der Waals surface area contributed by atoms with Crippen molar-refractivity contribution in [1.29, 1.82) is 0 Å². The van der Waals surface area contributed by atoms with E-state index in [0.717, 1.165) is 11.6 Å². The number of carboxylic acid groups (broad SMARTS) is 1. The molecule has 0 radical (unpaired) electrons. The Morgan fingerprint density at radius 2 is 1.88 bits per heavy atom. The van der Waals surface area contributed by atoms with Gasteiger partial charge in [-0.2, -0.15) is 0 Å². The SMILES string of the molecule is CC(C)(C)OC(=O)N1[C@H](Cc2ccccc2)[C@H](C=CC(=O)O)OC1(C)C. The topological polar surface area (TPSA) is 76.1 Å². The molecule has 1 aromatic rings. The van der Waals surface area contributed by atoms with Gasteiger partial charge in [-0.05, 0) is 52.7 Å². The summed E-state index contributed by atoms with van der Waals surface area (Å²) in [6.45, 7) is 8.99. The summed E-state index contributed by atoms with van der Waals surface area (Å²) in [4.78, 5) is 25.4. The summed E-state index contributed by atoms with van der Waals surface area (Å²) in [5.41, 5.74) is -0.532. The number of benzene rings is 1. The zero-order valence-corrected chi connectivity index (χ0v) is 15.9. The van der Waals surface area contributed by atoms with Crippen molar-refractivity contribution >= 4 is 12.1 Å². The molecule has 1 aliphatic rings. The number of hydrogen-bond donors (Lipinski definition) is 1. The van der Waals surface area contributed by atoms with Gasteiger partial charge in [0.15, 0.2) is 0 Å². The van der Waals surface area contributed by atoms with Gasteiger partial charge in [0, 0.05) is 6.08 Å². The molecule has 0 spiro atoms. The van der Waals surface area contributed by atoms with E-state index in [4.69, 9.17) is 14.6 Å². The van der Waals surface area contributed by atoms with E-state index < -0.39 is 29.5 Å². The van der Waals surface area contributed by atoms with Crippen LogP contribution in [0.15, 0.2) is 42.5 Å². The minimum absolute atomic E-state index is 0.377. The molecular formula is C20H27NO5. The highest BCUT2D eigenvalue weighted by molar-refractivity contribution is 5.80. The molecular weight excluding hydrogens is 334 g/mol. The van der Waals surface area contributed by atoms with Crippen LogP contribution in [0.3, 0.4) is 0 Å². The summed E-state index contributed by atoms with van der Waals surface area (Å²) < 4.78 is 11.6. The number of carboxylic acids is 1.